The Labute approximate surface area is 293 Å². The fourth-order valence-electron chi connectivity index (χ4n) is 6.21. The normalized spacial score (nSPS) is 18.2. The van der Waals surface area contributed by atoms with E-state index in [9.17, 15) is 14.4 Å². The molecule has 13 nitrogen and oxygen atoms in total. The average molecular weight is 694 g/mol. The Bertz CT molecular complexity index is 1690. The number of nitrogens with one attached hydrogen (secondary N) is 4. The van der Waals surface area contributed by atoms with E-state index in [4.69, 9.17) is 16.3 Å². The zero-order valence-electron chi connectivity index (χ0n) is 29.4. The lowest BCUT2D eigenvalue weighted by atomic mass is 9.85. The minimum absolute atomic E-state index is 0.281. The van der Waals surface area contributed by atoms with Crippen molar-refractivity contribution in [2.75, 3.05) is 69.5 Å². The predicted molar refractivity (Wildman–Crippen MR) is 194 cm³/mol. The van der Waals surface area contributed by atoms with Gasteiger partial charge in [0.05, 0.1) is 35.1 Å². The van der Waals surface area contributed by atoms with Gasteiger partial charge in [-0.1, -0.05) is 32.4 Å². The minimum atomic E-state index is -0.811. The molecule has 4 N–H and O–H groups in total. The van der Waals surface area contributed by atoms with Crippen LogP contribution in [0.2, 0.25) is 5.02 Å². The second kappa shape index (κ2) is 15.1. The molecule has 0 spiro atoms. The summed E-state index contributed by atoms with van der Waals surface area (Å²) >= 11 is 6.75. The van der Waals surface area contributed by atoms with E-state index >= 15 is 0 Å². The number of likely N-dealkylation sites (tertiary alicyclic amines) is 1. The Morgan fingerprint density at radius 1 is 1.04 bits per heavy atom. The van der Waals surface area contributed by atoms with E-state index in [0.717, 1.165) is 37.6 Å². The van der Waals surface area contributed by atoms with E-state index in [1.165, 1.54) is 13.4 Å². The summed E-state index contributed by atoms with van der Waals surface area (Å²) in [6, 6.07) is 7.37. The second-order valence-electron chi connectivity index (χ2n) is 13.9. The highest BCUT2D eigenvalue weighted by molar-refractivity contribution is 6.33. The Balaban J connectivity index is 1.37. The van der Waals surface area contributed by atoms with Crippen LogP contribution >= 0.6 is 11.6 Å². The first kappa shape index (κ1) is 36.1. The summed E-state index contributed by atoms with van der Waals surface area (Å²) in [5.41, 5.74) is 2.21. The first-order valence-electron chi connectivity index (χ1n) is 16.7. The summed E-state index contributed by atoms with van der Waals surface area (Å²) < 4.78 is 5.65. The fraction of sp³-hybridized carbons (Fsp3) is 0.514. The van der Waals surface area contributed by atoms with Gasteiger partial charge in [0.2, 0.25) is 17.7 Å². The van der Waals surface area contributed by atoms with Crippen molar-refractivity contribution in [3.05, 3.63) is 41.7 Å². The summed E-state index contributed by atoms with van der Waals surface area (Å²) in [6.07, 6.45) is 2.62. The molecular weight excluding hydrogens is 646 g/mol. The number of benzene rings is 2. The summed E-state index contributed by atoms with van der Waals surface area (Å²) in [5, 5.41) is 13.5. The third-order valence-corrected chi connectivity index (χ3v) is 9.64. The third-order valence-electron chi connectivity index (χ3n) is 9.33. The number of ether oxygens (including phenoxy) is 1. The molecule has 14 heteroatoms. The van der Waals surface area contributed by atoms with E-state index in [1.807, 2.05) is 39.0 Å². The topological polar surface area (TPSA) is 144 Å². The first-order valence-corrected chi connectivity index (χ1v) is 17.1. The summed E-state index contributed by atoms with van der Waals surface area (Å²) in [5.74, 6) is 0.0376. The Hall–Kier alpha value is -4.20. The lowest BCUT2D eigenvalue weighted by Gasteiger charge is -2.36. The molecule has 0 bridgehead atoms. The lowest BCUT2D eigenvalue weighted by Crippen LogP contribution is -2.59. The number of hydrogen-bond acceptors (Lipinski definition) is 10. The molecule has 2 saturated heterocycles. The molecule has 3 heterocycles. The Kier molecular flexibility index (Phi) is 11.2. The summed E-state index contributed by atoms with van der Waals surface area (Å²) in [7, 11) is 5.33. The zero-order valence-corrected chi connectivity index (χ0v) is 30.1. The van der Waals surface area contributed by atoms with Gasteiger partial charge in [0.25, 0.3) is 0 Å². The maximum atomic E-state index is 13.9. The van der Waals surface area contributed by atoms with Crippen LogP contribution in [0.3, 0.4) is 0 Å². The van der Waals surface area contributed by atoms with Crippen LogP contribution in [0.15, 0.2) is 36.7 Å². The molecule has 5 rings (SSSR count). The van der Waals surface area contributed by atoms with Gasteiger partial charge in [-0.15, -0.1) is 0 Å². The number of likely N-dealkylation sites (N-methyl/N-ethyl adjacent to an activating group) is 2. The first-order chi connectivity index (χ1) is 23.3. The van der Waals surface area contributed by atoms with Crippen molar-refractivity contribution < 1.29 is 19.1 Å². The third kappa shape index (κ3) is 8.17. The number of carbonyl (C=O) groups is 3. The quantitative estimate of drug-likeness (QED) is 0.247. The molecule has 49 heavy (non-hydrogen) atoms. The van der Waals surface area contributed by atoms with Gasteiger partial charge in [-0.25, -0.2) is 9.97 Å². The van der Waals surface area contributed by atoms with Crippen LogP contribution in [-0.4, -0.2) is 110 Å². The van der Waals surface area contributed by atoms with Crippen LogP contribution in [0.1, 0.15) is 40.5 Å². The van der Waals surface area contributed by atoms with Crippen molar-refractivity contribution in [2.45, 2.75) is 58.7 Å². The van der Waals surface area contributed by atoms with Crippen LogP contribution in [-0.2, 0) is 14.4 Å². The number of amides is 3. The Morgan fingerprint density at radius 2 is 1.78 bits per heavy atom. The highest BCUT2D eigenvalue weighted by atomic mass is 35.5. The molecule has 1 unspecified atom stereocenters. The van der Waals surface area contributed by atoms with E-state index in [-0.39, 0.29) is 17.7 Å². The molecule has 2 fully saturated rings. The maximum Gasteiger partial charge on any atom is 0.247 e. The van der Waals surface area contributed by atoms with Gasteiger partial charge in [-0.2, -0.15) is 0 Å². The summed E-state index contributed by atoms with van der Waals surface area (Å²) in [6.45, 7) is 11.6. The number of anilines is 4. The molecular formula is C35H48ClN9O4. The highest BCUT2D eigenvalue weighted by Crippen LogP contribution is 2.36. The van der Waals surface area contributed by atoms with E-state index in [0.29, 0.717) is 52.6 Å². The number of fused-ring (bicyclic) bond motifs is 1. The van der Waals surface area contributed by atoms with Crippen LogP contribution in [0.25, 0.3) is 10.9 Å². The molecule has 2 aliphatic rings. The van der Waals surface area contributed by atoms with Crippen molar-refractivity contribution in [3.63, 3.8) is 0 Å². The van der Waals surface area contributed by atoms with E-state index in [2.05, 4.69) is 48.1 Å². The Morgan fingerprint density at radius 3 is 2.43 bits per heavy atom. The van der Waals surface area contributed by atoms with Crippen LogP contribution < -0.4 is 30.9 Å². The molecule has 2 aromatic carbocycles. The highest BCUT2D eigenvalue weighted by Gasteiger charge is 2.42. The molecule has 3 aromatic rings. The molecule has 264 valence electrons. The maximum absolute atomic E-state index is 13.9. The minimum Gasteiger partial charge on any atom is -0.494 e. The number of hydrogen-bond donors (Lipinski definition) is 4. The standard InChI is InChI=1S/C35H48ClN9O4/c1-21(37-5)32(46)42-30(35(2,3)4)34(48)45-12-8-9-28(45)33(47)41-26-18-23-25(19-29(26)49-7)38-20-39-31(23)40-22-10-11-27(24(36)17-22)44-15-13-43(6)14-16-44/h10-11,17-21,28,30,37H,8-9,12-16H2,1-7H3,(H,41,47)(H,42,46)(H,38,39,40)/t21-,28?,30+/m0/s1. The molecule has 2 aliphatic heterocycles. The molecule has 3 amide bonds. The number of piperazine rings is 1. The molecule has 0 aliphatic carbocycles. The van der Waals surface area contributed by atoms with Gasteiger partial charge < -0.3 is 40.7 Å². The van der Waals surface area contributed by atoms with Crippen molar-refractivity contribution in [1.29, 1.82) is 0 Å². The number of carbonyl (C=O) groups excluding carboxylic acids is 3. The number of aromatic nitrogens is 2. The molecule has 0 radical (unpaired) electrons. The average Bonchev–Trinajstić information content (AvgIpc) is 3.57. The fourth-order valence-corrected chi connectivity index (χ4v) is 6.51. The van der Waals surface area contributed by atoms with Gasteiger partial charge in [0.15, 0.2) is 0 Å². The van der Waals surface area contributed by atoms with Gasteiger partial charge in [0, 0.05) is 49.9 Å². The van der Waals surface area contributed by atoms with Crippen LogP contribution in [0, 0.1) is 5.41 Å². The molecule has 3 atom stereocenters. The monoisotopic (exact) mass is 693 g/mol. The number of nitrogens with zero attached hydrogens (tertiary/aromatic N) is 5. The SMILES string of the molecule is CN[C@@H](C)C(=O)N[C@H](C(=O)N1CCCC1C(=O)Nc1cc2c(Nc3ccc(N4CCN(C)CC4)c(Cl)c3)ncnc2cc1OC)C(C)(C)C. The summed E-state index contributed by atoms with van der Waals surface area (Å²) in [4.78, 5) is 55.6. The predicted octanol–water partition coefficient (Wildman–Crippen LogP) is 3.86. The van der Waals surface area contributed by atoms with Crippen molar-refractivity contribution in [2.24, 2.45) is 5.41 Å². The number of halogens is 1. The largest absolute Gasteiger partial charge is 0.494 e. The van der Waals surface area contributed by atoms with Gasteiger partial charge in [-0.3, -0.25) is 14.4 Å². The van der Waals surface area contributed by atoms with Gasteiger partial charge in [-0.05, 0) is 63.5 Å². The molecule has 0 saturated carbocycles. The van der Waals surface area contributed by atoms with Crippen molar-refractivity contribution in [1.82, 2.24) is 30.4 Å². The second-order valence-corrected chi connectivity index (χ2v) is 14.3. The van der Waals surface area contributed by atoms with Gasteiger partial charge in [0.1, 0.15) is 30.0 Å². The van der Waals surface area contributed by atoms with Crippen LogP contribution in [0.5, 0.6) is 5.75 Å². The van der Waals surface area contributed by atoms with Crippen LogP contribution in [0.4, 0.5) is 22.9 Å². The lowest BCUT2D eigenvalue weighted by molar-refractivity contribution is -0.143. The smallest absolute Gasteiger partial charge is 0.247 e. The van der Waals surface area contributed by atoms with Crippen molar-refractivity contribution >= 4 is 63.1 Å². The van der Waals surface area contributed by atoms with Crippen molar-refractivity contribution in [3.8, 4) is 5.75 Å². The van der Waals surface area contributed by atoms with Gasteiger partial charge >= 0.3 is 0 Å². The zero-order chi connectivity index (χ0) is 35.5. The van der Waals surface area contributed by atoms with E-state index in [1.54, 1.807) is 31.0 Å². The number of rotatable bonds is 10. The van der Waals surface area contributed by atoms with E-state index < -0.39 is 23.5 Å². The molecule has 1 aromatic heterocycles. The number of methoxy groups -OCH3 is 1.